The number of pyridine rings is 1. The molecule has 3 nitrogen and oxygen atoms in total. The van der Waals surface area contributed by atoms with Crippen molar-refractivity contribution in [1.82, 2.24) is 10.3 Å². The first kappa shape index (κ1) is 14.8. The van der Waals surface area contributed by atoms with E-state index in [1.807, 2.05) is 24.4 Å². The summed E-state index contributed by atoms with van der Waals surface area (Å²) in [7, 11) is 0. The second-order valence-corrected chi connectivity index (χ2v) is 6.25. The molecule has 1 N–H and O–H groups in total. The van der Waals surface area contributed by atoms with Crippen molar-refractivity contribution in [2.24, 2.45) is 0 Å². The Morgan fingerprint density at radius 2 is 2.26 bits per heavy atom. The SMILES string of the molecule is CC(CCc1ccco1)NCc1ncc(Br)cc1Br. The van der Waals surface area contributed by atoms with Crippen molar-refractivity contribution in [2.75, 3.05) is 0 Å². The van der Waals surface area contributed by atoms with Gasteiger partial charge in [-0.05, 0) is 63.4 Å². The van der Waals surface area contributed by atoms with Crippen LogP contribution in [-0.4, -0.2) is 11.0 Å². The largest absolute Gasteiger partial charge is 0.469 e. The molecule has 2 heterocycles. The molecular formula is C14H16Br2N2O. The van der Waals surface area contributed by atoms with E-state index in [1.165, 1.54) is 0 Å². The highest BCUT2D eigenvalue weighted by Gasteiger charge is 2.06. The predicted molar refractivity (Wildman–Crippen MR) is 83.0 cm³/mol. The molecule has 2 aromatic heterocycles. The summed E-state index contributed by atoms with van der Waals surface area (Å²) in [6.07, 6.45) is 5.53. The van der Waals surface area contributed by atoms with Crippen molar-refractivity contribution in [3.05, 3.63) is 51.1 Å². The van der Waals surface area contributed by atoms with Gasteiger partial charge >= 0.3 is 0 Å². The lowest BCUT2D eigenvalue weighted by Gasteiger charge is -2.13. The van der Waals surface area contributed by atoms with Gasteiger partial charge in [0.05, 0.1) is 12.0 Å². The lowest BCUT2D eigenvalue weighted by molar-refractivity contribution is 0.458. The van der Waals surface area contributed by atoms with Gasteiger partial charge in [0.25, 0.3) is 0 Å². The normalized spacial score (nSPS) is 12.6. The maximum Gasteiger partial charge on any atom is 0.103 e. The van der Waals surface area contributed by atoms with Gasteiger partial charge in [0.2, 0.25) is 0 Å². The highest BCUT2D eigenvalue weighted by atomic mass is 79.9. The highest BCUT2D eigenvalue weighted by molar-refractivity contribution is 9.11. The standard InChI is InChI=1S/C14H16Br2N2O/c1-10(4-5-12-3-2-6-19-12)17-9-14-13(16)7-11(15)8-18-14/h2-3,6-8,10,17H,4-5,9H2,1H3. The molecule has 0 aliphatic carbocycles. The van der Waals surface area contributed by atoms with Gasteiger partial charge in [0.1, 0.15) is 5.76 Å². The van der Waals surface area contributed by atoms with Crippen molar-refractivity contribution >= 4 is 31.9 Å². The van der Waals surface area contributed by atoms with Crippen molar-refractivity contribution in [3.8, 4) is 0 Å². The van der Waals surface area contributed by atoms with E-state index in [2.05, 4.69) is 49.1 Å². The predicted octanol–water partition coefficient (Wildman–Crippen LogP) is 4.31. The minimum absolute atomic E-state index is 0.419. The molecular weight excluding hydrogens is 372 g/mol. The summed E-state index contributed by atoms with van der Waals surface area (Å²) in [6.45, 7) is 2.93. The molecule has 5 heteroatoms. The molecule has 0 saturated heterocycles. The number of aromatic nitrogens is 1. The van der Waals surface area contributed by atoms with Crippen LogP contribution in [-0.2, 0) is 13.0 Å². The topological polar surface area (TPSA) is 38.1 Å². The number of hydrogen-bond donors (Lipinski definition) is 1. The first-order valence-electron chi connectivity index (χ1n) is 6.21. The van der Waals surface area contributed by atoms with Crippen LogP contribution >= 0.6 is 31.9 Å². The average molecular weight is 388 g/mol. The minimum atomic E-state index is 0.419. The number of rotatable bonds is 6. The third kappa shape index (κ3) is 4.75. The van der Waals surface area contributed by atoms with E-state index in [0.29, 0.717) is 6.04 Å². The van der Waals surface area contributed by atoms with Gasteiger partial charge in [-0.2, -0.15) is 0 Å². The van der Waals surface area contributed by atoms with Gasteiger partial charge in [-0.1, -0.05) is 0 Å². The summed E-state index contributed by atoms with van der Waals surface area (Å²) < 4.78 is 7.33. The van der Waals surface area contributed by atoms with Crippen molar-refractivity contribution < 1.29 is 4.42 Å². The molecule has 1 atom stereocenters. The fourth-order valence-corrected chi connectivity index (χ4v) is 2.89. The zero-order valence-corrected chi connectivity index (χ0v) is 13.9. The lowest BCUT2D eigenvalue weighted by Crippen LogP contribution is -2.26. The Morgan fingerprint density at radius 1 is 1.42 bits per heavy atom. The van der Waals surface area contributed by atoms with Gasteiger partial charge in [0, 0.05) is 34.1 Å². The molecule has 2 aromatic rings. The van der Waals surface area contributed by atoms with Gasteiger partial charge in [-0.25, -0.2) is 0 Å². The fourth-order valence-electron chi connectivity index (χ4n) is 1.76. The molecule has 0 radical (unpaired) electrons. The second-order valence-electron chi connectivity index (χ2n) is 4.48. The summed E-state index contributed by atoms with van der Waals surface area (Å²) in [6, 6.07) is 6.37. The van der Waals surface area contributed by atoms with E-state index in [1.54, 1.807) is 6.26 Å². The first-order valence-corrected chi connectivity index (χ1v) is 7.79. The zero-order chi connectivity index (χ0) is 13.7. The lowest BCUT2D eigenvalue weighted by atomic mass is 10.1. The van der Waals surface area contributed by atoms with Crippen LogP contribution < -0.4 is 5.32 Å². The van der Waals surface area contributed by atoms with E-state index in [-0.39, 0.29) is 0 Å². The molecule has 0 aliphatic rings. The Bertz CT molecular complexity index is 514. The van der Waals surface area contributed by atoms with Gasteiger partial charge < -0.3 is 9.73 Å². The summed E-state index contributed by atoms with van der Waals surface area (Å²) in [4.78, 5) is 4.39. The van der Waals surface area contributed by atoms with E-state index >= 15 is 0 Å². The number of aryl methyl sites for hydroxylation is 1. The zero-order valence-electron chi connectivity index (χ0n) is 10.7. The van der Waals surface area contributed by atoms with Crippen LogP contribution in [0.2, 0.25) is 0 Å². The molecule has 1 unspecified atom stereocenters. The Balaban J connectivity index is 1.78. The Labute approximate surface area is 130 Å². The van der Waals surface area contributed by atoms with Gasteiger partial charge in [-0.3, -0.25) is 4.98 Å². The van der Waals surface area contributed by atoms with E-state index in [4.69, 9.17) is 4.42 Å². The third-order valence-electron chi connectivity index (χ3n) is 2.91. The van der Waals surface area contributed by atoms with Crippen LogP contribution in [0.5, 0.6) is 0 Å². The van der Waals surface area contributed by atoms with E-state index in [0.717, 1.165) is 39.8 Å². The maximum absolute atomic E-state index is 5.33. The van der Waals surface area contributed by atoms with Gasteiger partial charge in [0.15, 0.2) is 0 Å². The van der Waals surface area contributed by atoms with E-state index < -0.39 is 0 Å². The Morgan fingerprint density at radius 3 is 2.95 bits per heavy atom. The van der Waals surface area contributed by atoms with Crippen LogP contribution in [0.3, 0.4) is 0 Å². The Hall–Kier alpha value is -0.650. The minimum Gasteiger partial charge on any atom is -0.469 e. The molecule has 0 bridgehead atoms. The van der Waals surface area contributed by atoms with Crippen molar-refractivity contribution in [2.45, 2.75) is 32.4 Å². The second kappa shape index (κ2) is 7.22. The molecule has 0 fully saturated rings. The number of hydrogen-bond acceptors (Lipinski definition) is 3. The van der Waals surface area contributed by atoms with Gasteiger partial charge in [-0.15, -0.1) is 0 Å². The first-order chi connectivity index (χ1) is 9.15. The molecule has 0 spiro atoms. The number of halogens is 2. The summed E-state index contributed by atoms with van der Waals surface area (Å²) in [5, 5.41) is 3.47. The molecule has 0 aliphatic heterocycles. The van der Waals surface area contributed by atoms with Crippen LogP contribution in [0, 0.1) is 0 Å². The number of nitrogens with zero attached hydrogens (tertiary/aromatic N) is 1. The van der Waals surface area contributed by atoms with Crippen molar-refractivity contribution in [3.63, 3.8) is 0 Å². The van der Waals surface area contributed by atoms with Crippen LogP contribution in [0.25, 0.3) is 0 Å². The summed E-state index contributed by atoms with van der Waals surface area (Å²) in [5.41, 5.74) is 1.02. The number of furan rings is 1. The molecule has 0 saturated carbocycles. The monoisotopic (exact) mass is 386 g/mol. The van der Waals surface area contributed by atoms with Crippen molar-refractivity contribution in [1.29, 1.82) is 0 Å². The van der Waals surface area contributed by atoms with E-state index in [9.17, 15) is 0 Å². The quantitative estimate of drug-likeness (QED) is 0.802. The highest BCUT2D eigenvalue weighted by Crippen LogP contribution is 2.19. The summed E-state index contributed by atoms with van der Waals surface area (Å²) >= 11 is 6.92. The molecule has 2 rings (SSSR count). The fraction of sp³-hybridized carbons (Fsp3) is 0.357. The molecule has 19 heavy (non-hydrogen) atoms. The Kier molecular flexibility index (Phi) is 5.60. The van der Waals surface area contributed by atoms with Crippen LogP contribution in [0.4, 0.5) is 0 Å². The molecule has 0 amide bonds. The molecule has 0 aromatic carbocycles. The maximum atomic E-state index is 5.33. The van der Waals surface area contributed by atoms with Crippen LogP contribution in [0.15, 0.2) is 44.0 Å². The summed E-state index contributed by atoms with van der Waals surface area (Å²) in [5.74, 6) is 1.04. The average Bonchev–Trinajstić information content (AvgIpc) is 2.88. The number of nitrogens with one attached hydrogen (secondary N) is 1. The van der Waals surface area contributed by atoms with Crippen LogP contribution in [0.1, 0.15) is 24.8 Å². The molecule has 102 valence electrons. The smallest absolute Gasteiger partial charge is 0.103 e. The third-order valence-corrected chi connectivity index (χ3v) is 4.03.